The molecule has 1 fully saturated rings. The van der Waals surface area contributed by atoms with Gasteiger partial charge in [0.15, 0.2) is 0 Å². The van der Waals surface area contributed by atoms with E-state index >= 15 is 0 Å². The molecule has 2 aromatic rings. The molecule has 1 heterocycles. The summed E-state index contributed by atoms with van der Waals surface area (Å²) in [6.45, 7) is 0. The van der Waals surface area contributed by atoms with Crippen molar-refractivity contribution < 1.29 is 32.6 Å². The van der Waals surface area contributed by atoms with Crippen LogP contribution in [0.25, 0.3) is 5.69 Å². The van der Waals surface area contributed by atoms with Gasteiger partial charge in [0.25, 0.3) is 0 Å². The Kier molecular flexibility index (Phi) is 3.20. The largest absolute Gasteiger partial charge is 0.494 e. The van der Waals surface area contributed by atoms with Crippen molar-refractivity contribution >= 4 is 5.78 Å². The first-order valence-corrected chi connectivity index (χ1v) is 7.76. The fourth-order valence-corrected chi connectivity index (χ4v) is 3.98. The maximum atomic E-state index is 14.2. The molecule has 2 atom stereocenters. The summed E-state index contributed by atoms with van der Waals surface area (Å²) in [6, 6.07) is 1.75. The van der Waals surface area contributed by atoms with Gasteiger partial charge in [-0.1, -0.05) is 0 Å². The molecule has 2 bridgehead atoms. The molecule has 1 aromatic heterocycles. The van der Waals surface area contributed by atoms with Crippen LogP contribution in [0.1, 0.15) is 47.8 Å². The van der Waals surface area contributed by atoms with Gasteiger partial charge in [0.05, 0.1) is 11.3 Å². The topological polar surface area (TPSA) is 62.5 Å². The Morgan fingerprint density at radius 1 is 1.08 bits per heavy atom. The molecule has 132 valence electrons. The zero-order chi connectivity index (χ0) is 18.1. The van der Waals surface area contributed by atoms with Crippen molar-refractivity contribution in [2.75, 3.05) is 0 Å². The summed E-state index contributed by atoms with van der Waals surface area (Å²) in [5.74, 6) is -3.11. The molecule has 1 aromatic carbocycles. The quantitative estimate of drug-likeness (QED) is 0.761. The minimum Gasteiger partial charge on any atom is -0.494 e. The summed E-state index contributed by atoms with van der Waals surface area (Å²) in [5.41, 5.74) is -1.16. The number of benzene rings is 1. The second-order valence-corrected chi connectivity index (χ2v) is 6.47. The van der Waals surface area contributed by atoms with Crippen molar-refractivity contribution in [1.29, 1.82) is 0 Å². The Morgan fingerprint density at radius 3 is 2.40 bits per heavy atom. The molecular weight excluding hydrogens is 342 g/mol. The number of fused-ring (bicyclic) bond motifs is 2. The van der Waals surface area contributed by atoms with Crippen LogP contribution in [0.3, 0.4) is 0 Å². The van der Waals surface area contributed by atoms with Crippen LogP contribution in [0.2, 0.25) is 0 Å². The molecule has 0 aliphatic heterocycles. The van der Waals surface area contributed by atoms with Crippen molar-refractivity contribution in [2.24, 2.45) is 0 Å². The lowest BCUT2D eigenvalue weighted by atomic mass is 9.67. The first kappa shape index (κ1) is 16.0. The van der Waals surface area contributed by atoms with Crippen LogP contribution in [0, 0.1) is 5.82 Å². The van der Waals surface area contributed by atoms with E-state index in [1.165, 1.54) is 0 Å². The van der Waals surface area contributed by atoms with Crippen LogP contribution < -0.4 is 0 Å². The van der Waals surface area contributed by atoms with E-state index in [1.54, 1.807) is 0 Å². The van der Waals surface area contributed by atoms with Gasteiger partial charge in [-0.2, -0.15) is 13.2 Å². The number of hydrogen-bond donors (Lipinski definition) is 2. The van der Waals surface area contributed by atoms with E-state index in [4.69, 9.17) is 0 Å². The van der Waals surface area contributed by atoms with Gasteiger partial charge in [-0.3, -0.25) is 4.79 Å². The molecule has 5 rings (SSSR count). The number of ketones is 1. The zero-order valence-corrected chi connectivity index (χ0v) is 12.8. The molecule has 0 unspecified atom stereocenters. The first-order valence-electron chi connectivity index (χ1n) is 7.76. The van der Waals surface area contributed by atoms with E-state index in [2.05, 4.69) is 0 Å². The lowest BCUT2D eigenvalue weighted by Crippen LogP contribution is -2.28. The van der Waals surface area contributed by atoms with Crippen LogP contribution in [0.4, 0.5) is 17.6 Å². The van der Waals surface area contributed by atoms with Crippen LogP contribution >= 0.6 is 0 Å². The standard InChI is InChI=1S/C17H13F4NO3/c18-10-4-2-8(17(19,20)21)6-11(10)22-15(24)13-7-1-3-9(12(23)5-7)14(13)16(22)25/h2,4,6-7,9,24-25H,1,3,5H2/t7-,9+/m0/s1. The van der Waals surface area contributed by atoms with Crippen molar-refractivity contribution in [3.8, 4) is 17.4 Å². The fourth-order valence-electron chi connectivity index (χ4n) is 3.98. The molecule has 3 aliphatic rings. The van der Waals surface area contributed by atoms with E-state index in [-0.39, 0.29) is 23.7 Å². The normalized spacial score (nSPS) is 22.3. The lowest BCUT2D eigenvalue weighted by molar-refractivity contribution is -0.137. The number of hydrogen-bond acceptors (Lipinski definition) is 3. The highest BCUT2D eigenvalue weighted by molar-refractivity contribution is 5.91. The minimum atomic E-state index is -4.70. The Morgan fingerprint density at radius 2 is 1.76 bits per heavy atom. The summed E-state index contributed by atoms with van der Waals surface area (Å²) in [5, 5.41) is 20.9. The van der Waals surface area contributed by atoms with Gasteiger partial charge in [-0.15, -0.1) is 0 Å². The summed E-state index contributed by atoms with van der Waals surface area (Å²) in [4.78, 5) is 12.1. The predicted molar refractivity (Wildman–Crippen MR) is 78.4 cm³/mol. The maximum Gasteiger partial charge on any atom is 0.416 e. The number of carbonyl (C=O) groups excluding carboxylic acids is 1. The Bertz CT molecular complexity index is 900. The second-order valence-electron chi connectivity index (χ2n) is 6.47. The van der Waals surface area contributed by atoms with Gasteiger partial charge in [0, 0.05) is 23.5 Å². The van der Waals surface area contributed by atoms with E-state index in [1.807, 2.05) is 0 Å². The number of aromatic hydroxyl groups is 2. The van der Waals surface area contributed by atoms with Gasteiger partial charge < -0.3 is 10.2 Å². The first-order chi connectivity index (χ1) is 11.7. The number of Topliss-reactive ketones (excluding diaryl/α,β-unsaturated/α-hetero) is 1. The molecule has 8 heteroatoms. The molecular formula is C17H13F4NO3. The monoisotopic (exact) mass is 355 g/mol. The number of nitrogens with zero attached hydrogens (tertiary/aromatic N) is 1. The average molecular weight is 355 g/mol. The molecule has 0 radical (unpaired) electrons. The van der Waals surface area contributed by atoms with Crippen LogP contribution in [0.5, 0.6) is 11.8 Å². The summed E-state index contributed by atoms with van der Waals surface area (Å²) < 4.78 is 53.6. The highest BCUT2D eigenvalue weighted by atomic mass is 19.4. The lowest BCUT2D eigenvalue weighted by Gasteiger charge is -2.34. The van der Waals surface area contributed by atoms with E-state index < -0.39 is 40.9 Å². The Hall–Kier alpha value is -2.51. The van der Waals surface area contributed by atoms with Crippen LogP contribution in [-0.2, 0) is 11.0 Å². The molecule has 0 spiro atoms. The van der Waals surface area contributed by atoms with Gasteiger partial charge in [-0.25, -0.2) is 8.96 Å². The molecule has 0 saturated heterocycles. The SMILES string of the molecule is O=C1C[C@@H]2CC[C@H]1c1c2c(O)n(-c2cc(C(F)(F)F)ccc2F)c1O. The van der Waals surface area contributed by atoms with E-state index in [0.29, 0.717) is 41.2 Å². The Balaban J connectivity index is 1.96. The highest BCUT2D eigenvalue weighted by Gasteiger charge is 2.45. The minimum absolute atomic E-state index is 0.0827. The second kappa shape index (κ2) is 5.00. The van der Waals surface area contributed by atoms with Crippen molar-refractivity contribution in [1.82, 2.24) is 4.57 Å². The Labute approximate surface area is 139 Å². The fraction of sp³-hybridized carbons (Fsp3) is 0.353. The summed E-state index contributed by atoms with van der Waals surface area (Å²) >= 11 is 0. The van der Waals surface area contributed by atoms with Crippen molar-refractivity contribution in [3.05, 3.63) is 40.7 Å². The number of carbonyl (C=O) groups is 1. The number of aromatic nitrogens is 1. The number of alkyl halides is 3. The molecule has 4 nitrogen and oxygen atoms in total. The van der Waals surface area contributed by atoms with Crippen LogP contribution in [-0.4, -0.2) is 20.6 Å². The van der Waals surface area contributed by atoms with Gasteiger partial charge in [-0.05, 0) is 37.0 Å². The smallest absolute Gasteiger partial charge is 0.416 e. The summed E-state index contributed by atoms with van der Waals surface area (Å²) in [7, 11) is 0. The third kappa shape index (κ3) is 2.16. The average Bonchev–Trinajstić information content (AvgIpc) is 2.81. The van der Waals surface area contributed by atoms with E-state index in [0.717, 1.165) is 0 Å². The predicted octanol–water partition coefficient (Wildman–Crippen LogP) is 3.98. The number of rotatable bonds is 1. The molecule has 2 N–H and O–H groups in total. The third-order valence-electron chi connectivity index (χ3n) is 5.11. The van der Waals surface area contributed by atoms with Gasteiger partial charge in [0.1, 0.15) is 11.6 Å². The summed E-state index contributed by atoms with van der Waals surface area (Å²) in [6.07, 6.45) is -3.36. The third-order valence-corrected chi connectivity index (χ3v) is 5.11. The van der Waals surface area contributed by atoms with Crippen molar-refractivity contribution in [3.63, 3.8) is 0 Å². The van der Waals surface area contributed by atoms with E-state index in [9.17, 15) is 32.6 Å². The van der Waals surface area contributed by atoms with Crippen LogP contribution in [0.15, 0.2) is 18.2 Å². The van der Waals surface area contributed by atoms with Gasteiger partial charge >= 0.3 is 6.18 Å². The molecule has 1 saturated carbocycles. The molecule has 25 heavy (non-hydrogen) atoms. The van der Waals surface area contributed by atoms with Gasteiger partial charge in [0.2, 0.25) is 11.8 Å². The molecule has 0 amide bonds. The van der Waals surface area contributed by atoms with Crippen molar-refractivity contribution in [2.45, 2.75) is 37.3 Å². The highest BCUT2D eigenvalue weighted by Crippen LogP contribution is 2.56. The molecule has 3 aliphatic carbocycles. The number of halogens is 4. The maximum absolute atomic E-state index is 14.2. The zero-order valence-electron chi connectivity index (χ0n) is 12.8.